The van der Waals surface area contributed by atoms with Crippen molar-refractivity contribution in [2.24, 2.45) is 0 Å². The summed E-state index contributed by atoms with van der Waals surface area (Å²) in [7, 11) is 1.67. The molecule has 0 bridgehead atoms. The van der Waals surface area contributed by atoms with Crippen molar-refractivity contribution in [3.63, 3.8) is 0 Å². The topological polar surface area (TPSA) is 38.3 Å². The summed E-state index contributed by atoms with van der Waals surface area (Å²) in [6, 6.07) is 18.4. The molecule has 2 aromatic carbocycles. The van der Waals surface area contributed by atoms with Crippen LogP contribution in [0.5, 0.6) is 5.75 Å². The van der Waals surface area contributed by atoms with Crippen molar-refractivity contribution >= 4 is 5.91 Å². The van der Waals surface area contributed by atoms with Crippen LogP contribution in [-0.2, 0) is 15.6 Å². The molecule has 0 aliphatic heterocycles. The minimum absolute atomic E-state index is 0.147. The van der Waals surface area contributed by atoms with Gasteiger partial charge in [-0.1, -0.05) is 48.5 Å². The van der Waals surface area contributed by atoms with E-state index in [0.29, 0.717) is 0 Å². The van der Waals surface area contributed by atoms with E-state index in [0.717, 1.165) is 43.5 Å². The van der Waals surface area contributed by atoms with Gasteiger partial charge in [-0.2, -0.15) is 0 Å². The zero-order valence-corrected chi connectivity index (χ0v) is 14.0. The molecule has 4 rings (SSSR count). The van der Waals surface area contributed by atoms with E-state index in [2.05, 4.69) is 29.6 Å². The Bertz CT molecular complexity index is 745. The lowest BCUT2D eigenvalue weighted by Gasteiger charge is -2.21. The van der Waals surface area contributed by atoms with Gasteiger partial charge in [-0.15, -0.1) is 0 Å². The molecule has 0 unspecified atom stereocenters. The Morgan fingerprint density at radius 2 is 1.67 bits per heavy atom. The summed E-state index contributed by atoms with van der Waals surface area (Å²) in [4.78, 5) is 12.9. The predicted octanol–water partition coefficient (Wildman–Crippen LogP) is 3.57. The fourth-order valence-electron chi connectivity index (χ4n) is 3.71. The highest BCUT2D eigenvalue weighted by Gasteiger charge is 2.54. The van der Waals surface area contributed by atoms with Crippen molar-refractivity contribution < 1.29 is 9.53 Å². The lowest BCUT2D eigenvalue weighted by Crippen LogP contribution is -2.39. The SMILES string of the molecule is COc1ccccc1C1(C(=O)NCC2(c3ccccc3)CC2)CC1. The van der Waals surface area contributed by atoms with Gasteiger partial charge in [-0.25, -0.2) is 0 Å². The molecule has 0 saturated heterocycles. The van der Waals surface area contributed by atoms with Crippen LogP contribution in [0.1, 0.15) is 36.8 Å². The number of para-hydroxylation sites is 1. The van der Waals surface area contributed by atoms with Gasteiger partial charge in [0.1, 0.15) is 5.75 Å². The normalized spacial score (nSPS) is 19.4. The Balaban J connectivity index is 1.49. The third-order valence-corrected chi connectivity index (χ3v) is 5.63. The van der Waals surface area contributed by atoms with Crippen LogP contribution >= 0.6 is 0 Å². The quantitative estimate of drug-likeness (QED) is 0.883. The summed E-state index contributed by atoms with van der Waals surface area (Å²) in [5.41, 5.74) is 2.12. The van der Waals surface area contributed by atoms with Crippen LogP contribution in [0.25, 0.3) is 0 Å². The number of benzene rings is 2. The molecule has 124 valence electrons. The molecule has 1 amide bonds. The van der Waals surface area contributed by atoms with Gasteiger partial charge in [0.15, 0.2) is 0 Å². The number of methoxy groups -OCH3 is 1. The van der Waals surface area contributed by atoms with Crippen LogP contribution < -0.4 is 10.1 Å². The minimum Gasteiger partial charge on any atom is -0.496 e. The Morgan fingerprint density at radius 3 is 2.29 bits per heavy atom. The number of hydrogen-bond donors (Lipinski definition) is 1. The van der Waals surface area contributed by atoms with E-state index in [-0.39, 0.29) is 16.7 Å². The van der Waals surface area contributed by atoms with Gasteiger partial charge in [0, 0.05) is 17.5 Å². The molecule has 3 nitrogen and oxygen atoms in total. The van der Waals surface area contributed by atoms with Crippen molar-refractivity contribution in [1.29, 1.82) is 0 Å². The number of rotatable bonds is 6. The number of nitrogens with one attached hydrogen (secondary N) is 1. The van der Waals surface area contributed by atoms with Gasteiger partial charge >= 0.3 is 0 Å². The largest absolute Gasteiger partial charge is 0.496 e. The molecule has 3 heteroatoms. The Hall–Kier alpha value is -2.29. The van der Waals surface area contributed by atoms with Gasteiger partial charge < -0.3 is 10.1 Å². The number of carbonyl (C=O) groups is 1. The fraction of sp³-hybridized carbons (Fsp3) is 0.381. The highest BCUT2D eigenvalue weighted by molar-refractivity contribution is 5.92. The highest BCUT2D eigenvalue weighted by atomic mass is 16.5. The van der Waals surface area contributed by atoms with Crippen molar-refractivity contribution in [3.8, 4) is 5.75 Å². The third-order valence-electron chi connectivity index (χ3n) is 5.63. The second-order valence-electron chi connectivity index (χ2n) is 7.11. The highest BCUT2D eigenvalue weighted by Crippen LogP contribution is 2.52. The lowest BCUT2D eigenvalue weighted by molar-refractivity contribution is -0.123. The monoisotopic (exact) mass is 321 g/mol. The molecule has 2 aliphatic rings. The molecule has 2 fully saturated rings. The molecule has 24 heavy (non-hydrogen) atoms. The molecular formula is C21H23NO2. The van der Waals surface area contributed by atoms with Crippen LogP contribution in [0.15, 0.2) is 54.6 Å². The van der Waals surface area contributed by atoms with E-state index < -0.39 is 0 Å². The summed E-state index contributed by atoms with van der Waals surface area (Å²) >= 11 is 0. The number of amides is 1. The Labute approximate surface area is 143 Å². The van der Waals surface area contributed by atoms with E-state index in [1.807, 2.05) is 30.3 Å². The Morgan fingerprint density at radius 1 is 1.00 bits per heavy atom. The van der Waals surface area contributed by atoms with E-state index >= 15 is 0 Å². The standard InChI is InChI=1S/C21H23NO2/c1-24-18-10-6-5-9-17(18)21(13-14-21)19(23)22-15-20(11-12-20)16-7-3-2-4-8-16/h2-10H,11-15H2,1H3,(H,22,23). The molecule has 2 aliphatic carbocycles. The zero-order chi connectivity index (χ0) is 16.6. The maximum Gasteiger partial charge on any atom is 0.230 e. The lowest BCUT2D eigenvalue weighted by atomic mass is 9.92. The third kappa shape index (κ3) is 2.48. The van der Waals surface area contributed by atoms with E-state index in [4.69, 9.17) is 4.74 Å². The molecule has 0 radical (unpaired) electrons. The first-order chi connectivity index (χ1) is 11.7. The van der Waals surface area contributed by atoms with Gasteiger partial charge in [0.2, 0.25) is 5.91 Å². The van der Waals surface area contributed by atoms with E-state index in [1.165, 1.54) is 5.56 Å². The molecule has 0 atom stereocenters. The first-order valence-corrected chi connectivity index (χ1v) is 8.68. The second kappa shape index (κ2) is 5.66. The molecular weight excluding hydrogens is 298 g/mol. The maximum atomic E-state index is 12.9. The predicted molar refractivity (Wildman–Crippen MR) is 94.3 cm³/mol. The van der Waals surface area contributed by atoms with Crippen LogP contribution in [0.2, 0.25) is 0 Å². The summed E-state index contributed by atoms with van der Waals surface area (Å²) in [5.74, 6) is 0.962. The molecule has 0 heterocycles. The van der Waals surface area contributed by atoms with E-state index in [1.54, 1.807) is 7.11 Å². The molecule has 1 N–H and O–H groups in total. The molecule has 0 aromatic heterocycles. The summed E-state index contributed by atoms with van der Waals surface area (Å²) in [6.07, 6.45) is 4.10. The van der Waals surface area contributed by atoms with Gasteiger partial charge in [-0.05, 0) is 37.3 Å². The zero-order valence-electron chi connectivity index (χ0n) is 14.0. The smallest absolute Gasteiger partial charge is 0.230 e. The van der Waals surface area contributed by atoms with Crippen LogP contribution in [0.3, 0.4) is 0 Å². The number of ether oxygens (including phenoxy) is 1. The van der Waals surface area contributed by atoms with Crippen molar-refractivity contribution in [2.45, 2.75) is 36.5 Å². The number of hydrogen-bond acceptors (Lipinski definition) is 2. The molecule has 2 aromatic rings. The summed E-state index contributed by atoms with van der Waals surface area (Å²) in [5, 5.41) is 3.24. The summed E-state index contributed by atoms with van der Waals surface area (Å²) in [6.45, 7) is 0.729. The van der Waals surface area contributed by atoms with Gasteiger partial charge in [0.25, 0.3) is 0 Å². The van der Waals surface area contributed by atoms with Crippen LogP contribution in [0.4, 0.5) is 0 Å². The average molecular weight is 321 g/mol. The van der Waals surface area contributed by atoms with Gasteiger partial charge in [-0.3, -0.25) is 4.79 Å². The first-order valence-electron chi connectivity index (χ1n) is 8.68. The first kappa shape index (κ1) is 15.3. The molecule has 0 spiro atoms. The fourth-order valence-corrected chi connectivity index (χ4v) is 3.71. The second-order valence-corrected chi connectivity index (χ2v) is 7.11. The summed E-state index contributed by atoms with van der Waals surface area (Å²) < 4.78 is 5.47. The van der Waals surface area contributed by atoms with Crippen molar-refractivity contribution in [1.82, 2.24) is 5.32 Å². The van der Waals surface area contributed by atoms with Crippen LogP contribution in [0, 0.1) is 0 Å². The Kier molecular flexibility index (Phi) is 3.60. The maximum absolute atomic E-state index is 12.9. The van der Waals surface area contributed by atoms with Crippen molar-refractivity contribution in [3.05, 3.63) is 65.7 Å². The average Bonchev–Trinajstić information content (AvgIpc) is 3.56. The van der Waals surface area contributed by atoms with Gasteiger partial charge in [0.05, 0.1) is 12.5 Å². The van der Waals surface area contributed by atoms with Crippen molar-refractivity contribution in [2.75, 3.05) is 13.7 Å². The van der Waals surface area contributed by atoms with E-state index in [9.17, 15) is 4.79 Å². The minimum atomic E-state index is -0.390. The van der Waals surface area contributed by atoms with Crippen LogP contribution in [-0.4, -0.2) is 19.6 Å². The number of carbonyl (C=O) groups excluding carboxylic acids is 1. The molecule has 2 saturated carbocycles.